The van der Waals surface area contributed by atoms with Crippen LogP contribution < -0.4 is 0 Å². The summed E-state index contributed by atoms with van der Waals surface area (Å²) in [6.45, 7) is 3.15. The molecule has 2 aromatic carbocycles. The van der Waals surface area contributed by atoms with Crippen LogP contribution in [0.1, 0.15) is 11.1 Å². The molecule has 0 saturated carbocycles. The Labute approximate surface area is 185 Å². The largest absolute Gasteiger partial charge is 0.372 e. The highest BCUT2D eigenvalue weighted by Gasteiger charge is 2.33. The van der Waals surface area contributed by atoms with Crippen molar-refractivity contribution in [1.29, 1.82) is 0 Å². The molecule has 6 nitrogen and oxygen atoms in total. The molecule has 31 heavy (non-hydrogen) atoms. The van der Waals surface area contributed by atoms with Crippen LogP contribution in [0.3, 0.4) is 0 Å². The number of ether oxygens (including phenoxy) is 3. The fraction of sp³-hybridized carbons (Fsp3) is 0.375. The predicted molar refractivity (Wildman–Crippen MR) is 126 cm³/mol. The third-order valence-electron chi connectivity index (χ3n) is 5.11. The molecular weight excluding hydrogens is 410 g/mol. The Morgan fingerprint density at radius 2 is 1.32 bits per heavy atom. The lowest BCUT2D eigenvalue weighted by atomic mass is 10.2. The summed E-state index contributed by atoms with van der Waals surface area (Å²) in [5.41, 5.74) is 2.13. The maximum atomic E-state index is 5.58. The molecule has 0 amide bonds. The first-order chi connectivity index (χ1) is 15.3. The Bertz CT molecular complexity index is 937. The molecule has 3 saturated heterocycles. The van der Waals surface area contributed by atoms with E-state index in [9.17, 15) is 0 Å². The van der Waals surface area contributed by atoms with Gasteiger partial charge in [0, 0.05) is 17.7 Å². The number of epoxide rings is 3. The van der Waals surface area contributed by atoms with Crippen molar-refractivity contribution in [2.45, 2.75) is 18.3 Å². The van der Waals surface area contributed by atoms with Crippen LogP contribution in [0.15, 0.2) is 70.8 Å². The van der Waals surface area contributed by atoms with Gasteiger partial charge in [-0.15, -0.1) is 10.5 Å². The van der Waals surface area contributed by atoms with E-state index in [1.807, 2.05) is 53.8 Å². The number of hydrazone groups is 1. The van der Waals surface area contributed by atoms with Gasteiger partial charge in [-0.05, 0) is 11.1 Å². The van der Waals surface area contributed by atoms with Gasteiger partial charge in [0.25, 0.3) is 0 Å². The molecule has 7 heteroatoms. The number of nitrogens with zero attached hydrogens (tertiary/aromatic N) is 3. The van der Waals surface area contributed by atoms with Gasteiger partial charge in [0.2, 0.25) is 0 Å². The fourth-order valence-corrected chi connectivity index (χ4v) is 5.51. The van der Waals surface area contributed by atoms with E-state index < -0.39 is 0 Å². The van der Waals surface area contributed by atoms with Crippen LogP contribution in [0.2, 0.25) is 0 Å². The Balaban J connectivity index is 1.49. The zero-order valence-electron chi connectivity index (χ0n) is 17.4. The van der Waals surface area contributed by atoms with E-state index in [2.05, 4.69) is 24.3 Å². The van der Waals surface area contributed by atoms with Crippen LogP contribution in [0, 0.1) is 0 Å². The van der Waals surface area contributed by atoms with Gasteiger partial charge in [0.15, 0.2) is 5.11 Å². The normalized spacial score (nSPS) is 25.0. The average molecular weight is 438 g/mol. The average Bonchev–Trinajstić information content (AvgIpc) is 3.64. The first kappa shape index (κ1) is 20.6. The second-order valence-electron chi connectivity index (χ2n) is 7.88. The van der Waals surface area contributed by atoms with Gasteiger partial charge in [0.1, 0.15) is 6.10 Å². The lowest BCUT2D eigenvalue weighted by molar-refractivity contribution is 0.342. The SMILES string of the molecule is C(=NC(N(CC1CO1)N=Cc1ccccc1)=S(CC1CO1)CC1CO1)c1ccccc1. The van der Waals surface area contributed by atoms with Crippen LogP contribution >= 0.6 is 10.5 Å². The van der Waals surface area contributed by atoms with Gasteiger partial charge in [-0.2, -0.15) is 5.10 Å². The Morgan fingerprint density at radius 1 is 0.806 bits per heavy atom. The van der Waals surface area contributed by atoms with Crippen molar-refractivity contribution >= 4 is 28.0 Å². The summed E-state index contributed by atoms with van der Waals surface area (Å²) in [5, 5.41) is 7.89. The zero-order valence-corrected chi connectivity index (χ0v) is 18.2. The van der Waals surface area contributed by atoms with E-state index in [1.54, 1.807) is 0 Å². The number of benzene rings is 2. The molecule has 5 rings (SSSR count). The first-order valence-electron chi connectivity index (χ1n) is 10.7. The van der Waals surface area contributed by atoms with Gasteiger partial charge in [0.05, 0.1) is 44.8 Å². The van der Waals surface area contributed by atoms with Crippen LogP contribution in [-0.2, 0) is 14.2 Å². The smallest absolute Gasteiger partial charge is 0.175 e. The summed E-state index contributed by atoms with van der Waals surface area (Å²) in [7, 11) is -0.122. The molecule has 0 aliphatic carbocycles. The van der Waals surface area contributed by atoms with Crippen molar-refractivity contribution in [2.24, 2.45) is 10.1 Å². The van der Waals surface area contributed by atoms with E-state index in [4.69, 9.17) is 24.3 Å². The third kappa shape index (κ3) is 6.58. The quantitative estimate of drug-likeness (QED) is 0.262. The van der Waals surface area contributed by atoms with Crippen molar-refractivity contribution in [3.05, 3.63) is 71.8 Å². The summed E-state index contributed by atoms with van der Waals surface area (Å²) < 4.78 is 16.7. The first-order valence-corrected chi connectivity index (χ1v) is 12.2. The number of hydrogen-bond donors (Lipinski definition) is 0. The summed E-state index contributed by atoms with van der Waals surface area (Å²) >= 11 is 0. The summed E-state index contributed by atoms with van der Waals surface area (Å²) in [5.74, 6) is 1.93. The van der Waals surface area contributed by atoms with Crippen LogP contribution in [0.25, 0.3) is 0 Å². The molecular formula is C24H27N3O3S. The van der Waals surface area contributed by atoms with Crippen LogP contribution in [0.5, 0.6) is 0 Å². The highest BCUT2D eigenvalue weighted by atomic mass is 32.2. The zero-order chi connectivity index (χ0) is 20.9. The van der Waals surface area contributed by atoms with E-state index in [0.29, 0.717) is 18.8 Å². The lowest BCUT2D eigenvalue weighted by Crippen LogP contribution is -2.30. The predicted octanol–water partition coefficient (Wildman–Crippen LogP) is 2.99. The van der Waals surface area contributed by atoms with Crippen molar-refractivity contribution in [3.8, 4) is 0 Å². The molecule has 3 fully saturated rings. The third-order valence-corrected chi connectivity index (χ3v) is 7.49. The maximum Gasteiger partial charge on any atom is 0.175 e. The summed E-state index contributed by atoms with van der Waals surface area (Å²) in [4.78, 5) is 5.00. The minimum Gasteiger partial charge on any atom is -0.372 e. The topological polar surface area (TPSA) is 65.5 Å². The summed E-state index contributed by atoms with van der Waals surface area (Å²) in [6.07, 6.45) is 4.69. The molecule has 0 aromatic heterocycles. The number of rotatable bonds is 9. The highest BCUT2D eigenvalue weighted by molar-refractivity contribution is 8.15. The van der Waals surface area contributed by atoms with Crippen molar-refractivity contribution in [1.82, 2.24) is 5.01 Å². The minimum atomic E-state index is -0.122. The molecule has 162 valence electrons. The van der Waals surface area contributed by atoms with Gasteiger partial charge >= 0.3 is 0 Å². The molecule has 3 atom stereocenters. The van der Waals surface area contributed by atoms with Crippen LogP contribution in [-0.4, -0.2) is 78.7 Å². The van der Waals surface area contributed by atoms with Crippen LogP contribution in [0.4, 0.5) is 0 Å². The van der Waals surface area contributed by atoms with Crippen molar-refractivity contribution in [3.63, 3.8) is 0 Å². The Hall–Kier alpha value is -2.32. The molecule has 3 aliphatic rings. The molecule has 2 aromatic rings. The second-order valence-corrected chi connectivity index (χ2v) is 9.90. The Kier molecular flexibility index (Phi) is 6.55. The number of aliphatic imine (C=N–C) groups is 1. The fourth-order valence-electron chi connectivity index (χ4n) is 3.17. The maximum absolute atomic E-state index is 5.58. The summed E-state index contributed by atoms with van der Waals surface area (Å²) in [6, 6.07) is 20.4. The van der Waals surface area contributed by atoms with Crippen molar-refractivity contribution in [2.75, 3.05) is 37.9 Å². The molecule has 3 unspecified atom stereocenters. The van der Waals surface area contributed by atoms with Gasteiger partial charge in [-0.1, -0.05) is 60.7 Å². The molecule has 3 aliphatic heterocycles. The van der Waals surface area contributed by atoms with Gasteiger partial charge in [-0.3, -0.25) is 0 Å². The lowest BCUT2D eigenvalue weighted by Gasteiger charge is -2.22. The van der Waals surface area contributed by atoms with Gasteiger partial charge in [-0.25, -0.2) is 10.0 Å². The molecule has 0 radical (unpaired) electrons. The van der Waals surface area contributed by atoms with Gasteiger partial charge < -0.3 is 14.2 Å². The van der Waals surface area contributed by atoms with E-state index in [0.717, 1.165) is 47.6 Å². The van der Waals surface area contributed by atoms with Crippen molar-refractivity contribution < 1.29 is 14.2 Å². The molecule has 3 heterocycles. The monoisotopic (exact) mass is 437 g/mol. The Morgan fingerprint density at radius 3 is 1.84 bits per heavy atom. The second kappa shape index (κ2) is 9.87. The molecule has 0 spiro atoms. The molecule has 0 N–H and O–H groups in total. The van der Waals surface area contributed by atoms with E-state index >= 15 is 0 Å². The van der Waals surface area contributed by atoms with E-state index in [-0.39, 0.29) is 16.6 Å². The minimum absolute atomic E-state index is 0.122. The standard InChI is InChI=1S/C24H27N3O3S/c1-3-7-19(8-4-1)11-25-24(31(17-22-15-29-22)18-23-16-30-23)27(13-21-14-28-21)26-12-20-9-5-2-6-10-20/h1-12,21-23H,13-18H2. The number of hydrogen-bond acceptors (Lipinski definition) is 4. The van der Waals surface area contributed by atoms with E-state index in [1.165, 1.54) is 0 Å². The highest BCUT2D eigenvalue weighted by Crippen LogP contribution is 2.30. The molecule has 0 bridgehead atoms.